The molecule has 0 radical (unpaired) electrons. The number of aliphatic hydroxyl groups excluding tert-OH is 1. The third kappa shape index (κ3) is 3.05. The van der Waals surface area contributed by atoms with Crippen molar-refractivity contribution in [3.63, 3.8) is 0 Å². The number of nitrogens with zero attached hydrogens (tertiary/aromatic N) is 5. The average molecular weight is 351 g/mol. The van der Waals surface area contributed by atoms with E-state index in [1.165, 1.54) is 0 Å². The number of aromatic nitrogens is 4. The van der Waals surface area contributed by atoms with Crippen LogP contribution in [0.4, 0.5) is 5.82 Å². The Hall–Kier alpha value is -2.47. The molecule has 1 saturated heterocycles. The van der Waals surface area contributed by atoms with Crippen molar-refractivity contribution in [1.82, 2.24) is 19.8 Å². The summed E-state index contributed by atoms with van der Waals surface area (Å²) in [5, 5.41) is 23.9. The van der Waals surface area contributed by atoms with Crippen molar-refractivity contribution in [3.8, 4) is 11.4 Å². The van der Waals surface area contributed by atoms with E-state index < -0.39 is 0 Å². The number of fused-ring (bicyclic) bond motifs is 1. The Labute approximate surface area is 153 Å². The number of piperidine rings is 1. The monoisotopic (exact) mass is 351 g/mol. The van der Waals surface area contributed by atoms with E-state index in [2.05, 4.69) is 35.9 Å². The van der Waals surface area contributed by atoms with Gasteiger partial charge in [-0.2, -0.15) is 4.52 Å². The smallest absolute Gasteiger partial charge is 0.185 e. The second-order valence-corrected chi connectivity index (χ2v) is 8.13. The van der Waals surface area contributed by atoms with E-state index in [9.17, 15) is 5.11 Å². The molecular formula is C20H25N5O. The Balaban J connectivity index is 1.64. The molecule has 1 fully saturated rings. The molecule has 0 amide bonds. The van der Waals surface area contributed by atoms with Crippen molar-refractivity contribution in [2.24, 2.45) is 11.3 Å². The van der Waals surface area contributed by atoms with Gasteiger partial charge in [0.25, 0.3) is 0 Å². The first-order chi connectivity index (χ1) is 12.4. The van der Waals surface area contributed by atoms with Crippen LogP contribution < -0.4 is 4.90 Å². The minimum Gasteiger partial charge on any atom is -0.391 e. The van der Waals surface area contributed by atoms with Crippen LogP contribution in [-0.2, 0) is 0 Å². The summed E-state index contributed by atoms with van der Waals surface area (Å²) < 4.78 is 1.78. The molecule has 6 nitrogen and oxygen atoms in total. The molecular weight excluding hydrogens is 326 g/mol. The number of β-amino-alcohol motifs (C(OH)–C–C–N with tert-alkyl or cyclic N) is 1. The summed E-state index contributed by atoms with van der Waals surface area (Å²) in [6, 6.07) is 13.8. The second-order valence-electron chi connectivity index (χ2n) is 8.13. The maximum atomic E-state index is 10.6. The average Bonchev–Trinajstić information content (AvgIpc) is 3.04. The number of hydrogen-bond donors (Lipinski definition) is 1. The Morgan fingerprint density at radius 1 is 1.04 bits per heavy atom. The summed E-state index contributed by atoms with van der Waals surface area (Å²) in [4.78, 5) is 2.15. The molecule has 4 rings (SSSR count). The van der Waals surface area contributed by atoms with Crippen LogP contribution in [0.1, 0.15) is 27.2 Å². The van der Waals surface area contributed by atoms with Gasteiger partial charge < -0.3 is 10.0 Å². The van der Waals surface area contributed by atoms with Crippen LogP contribution in [0, 0.1) is 11.3 Å². The Kier molecular flexibility index (Phi) is 4.15. The van der Waals surface area contributed by atoms with Gasteiger partial charge in [0, 0.05) is 18.7 Å². The molecule has 3 heterocycles. The molecule has 1 aromatic carbocycles. The minimum absolute atomic E-state index is 0.109. The third-order valence-corrected chi connectivity index (χ3v) is 5.30. The fourth-order valence-electron chi connectivity index (χ4n) is 3.86. The van der Waals surface area contributed by atoms with Crippen LogP contribution in [0.3, 0.4) is 0 Å². The molecule has 1 aliphatic heterocycles. The molecule has 1 aliphatic rings. The van der Waals surface area contributed by atoms with Crippen molar-refractivity contribution < 1.29 is 5.11 Å². The van der Waals surface area contributed by atoms with E-state index >= 15 is 0 Å². The van der Waals surface area contributed by atoms with E-state index in [1.807, 2.05) is 42.5 Å². The van der Waals surface area contributed by atoms with Crippen LogP contribution in [-0.4, -0.2) is 44.1 Å². The highest BCUT2D eigenvalue weighted by Gasteiger charge is 2.36. The molecule has 0 bridgehead atoms. The van der Waals surface area contributed by atoms with Gasteiger partial charge in [-0.05, 0) is 29.9 Å². The SMILES string of the molecule is CC(C)(C)[C@H]1CCN(c2ccc3nnc(-c4ccccc4)n3n2)C[C@H]1O. The first-order valence-corrected chi connectivity index (χ1v) is 9.14. The molecule has 1 N–H and O–H groups in total. The first-order valence-electron chi connectivity index (χ1n) is 9.14. The lowest BCUT2D eigenvalue weighted by Crippen LogP contribution is -2.48. The molecule has 0 aliphatic carbocycles. The lowest BCUT2D eigenvalue weighted by molar-refractivity contribution is 0.0291. The van der Waals surface area contributed by atoms with Crippen molar-refractivity contribution in [2.45, 2.75) is 33.3 Å². The molecule has 2 aromatic heterocycles. The van der Waals surface area contributed by atoms with E-state index in [-0.39, 0.29) is 11.5 Å². The van der Waals surface area contributed by atoms with Crippen molar-refractivity contribution >= 4 is 11.5 Å². The van der Waals surface area contributed by atoms with Gasteiger partial charge in [-0.3, -0.25) is 0 Å². The molecule has 26 heavy (non-hydrogen) atoms. The maximum Gasteiger partial charge on any atom is 0.185 e. The zero-order valence-corrected chi connectivity index (χ0v) is 15.5. The quantitative estimate of drug-likeness (QED) is 0.769. The summed E-state index contributed by atoms with van der Waals surface area (Å²) in [5.74, 6) is 1.88. The van der Waals surface area contributed by atoms with Crippen LogP contribution >= 0.6 is 0 Å². The van der Waals surface area contributed by atoms with Gasteiger partial charge in [-0.25, -0.2) is 0 Å². The lowest BCUT2D eigenvalue weighted by atomic mass is 9.74. The lowest BCUT2D eigenvalue weighted by Gasteiger charge is -2.42. The number of aliphatic hydroxyl groups is 1. The summed E-state index contributed by atoms with van der Waals surface area (Å²) in [7, 11) is 0. The van der Waals surface area contributed by atoms with Gasteiger partial charge >= 0.3 is 0 Å². The van der Waals surface area contributed by atoms with Gasteiger partial charge in [0.15, 0.2) is 11.5 Å². The van der Waals surface area contributed by atoms with Crippen LogP contribution in [0.25, 0.3) is 17.0 Å². The second kappa shape index (κ2) is 6.36. The van der Waals surface area contributed by atoms with E-state index in [0.717, 1.165) is 35.8 Å². The summed E-state index contributed by atoms with van der Waals surface area (Å²) in [5.41, 5.74) is 1.81. The zero-order valence-electron chi connectivity index (χ0n) is 15.5. The van der Waals surface area contributed by atoms with E-state index in [0.29, 0.717) is 12.5 Å². The van der Waals surface area contributed by atoms with Crippen molar-refractivity contribution in [2.75, 3.05) is 18.0 Å². The predicted octanol–water partition coefficient (Wildman–Crippen LogP) is 3.02. The number of anilines is 1. The summed E-state index contributed by atoms with van der Waals surface area (Å²) >= 11 is 0. The zero-order chi connectivity index (χ0) is 18.3. The Bertz CT molecular complexity index is 899. The standard InChI is InChI=1S/C20H25N5O/c1-20(2,3)15-11-12-24(13-16(15)26)18-10-9-17-21-22-19(25(17)23-18)14-7-5-4-6-8-14/h4-10,15-16,26H,11-13H2,1-3H3/t15-,16+/m0/s1. The van der Waals surface area contributed by atoms with Gasteiger partial charge in [-0.15, -0.1) is 15.3 Å². The Morgan fingerprint density at radius 3 is 2.50 bits per heavy atom. The topological polar surface area (TPSA) is 66.6 Å². The molecule has 3 aromatic rings. The number of rotatable bonds is 2. The summed E-state index contributed by atoms with van der Waals surface area (Å²) in [6.45, 7) is 8.09. The van der Waals surface area contributed by atoms with Gasteiger partial charge in [0.1, 0.15) is 5.82 Å². The normalized spacial score (nSPS) is 21.3. The molecule has 2 atom stereocenters. The number of hydrogen-bond acceptors (Lipinski definition) is 5. The molecule has 0 spiro atoms. The summed E-state index contributed by atoms with van der Waals surface area (Å²) in [6.07, 6.45) is 0.605. The highest BCUT2D eigenvalue weighted by molar-refractivity contribution is 5.59. The van der Waals surface area contributed by atoms with Crippen LogP contribution in [0.5, 0.6) is 0 Å². The third-order valence-electron chi connectivity index (χ3n) is 5.30. The highest BCUT2D eigenvalue weighted by atomic mass is 16.3. The molecule has 0 unspecified atom stereocenters. The van der Waals surface area contributed by atoms with Crippen LogP contribution in [0.2, 0.25) is 0 Å². The molecule has 136 valence electrons. The predicted molar refractivity (Wildman–Crippen MR) is 102 cm³/mol. The largest absolute Gasteiger partial charge is 0.391 e. The molecule has 6 heteroatoms. The first kappa shape index (κ1) is 17.0. The Morgan fingerprint density at radius 2 is 1.81 bits per heavy atom. The fraction of sp³-hybridized carbons (Fsp3) is 0.450. The highest BCUT2D eigenvalue weighted by Crippen LogP contribution is 2.35. The van der Waals surface area contributed by atoms with E-state index in [1.54, 1.807) is 4.52 Å². The van der Waals surface area contributed by atoms with E-state index in [4.69, 9.17) is 5.10 Å². The number of benzene rings is 1. The van der Waals surface area contributed by atoms with Gasteiger partial charge in [-0.1, -0.05) is 51.1 Å². The van der Waals surface area contributed by atoms with Gasteiger partial charge in [0.05, 0.1) is 6.10 Å². The fourth-order valence-corrected chi connectivity index (χ4v) is 3.86. The maximum absolute atomic E-state index is 10.6. The molecule has 0 saturated carbocycles. The minimum atomic E-state index is -0.351. The van der Waals surface area contributed by atoms with Crippen molar-refractivity contribution in [1.29, 1.82) is 0 Å². The van der Waals surface area contributed by atoms with Gasteiger partial charge in [0.2, 0.25) is 0 Å². The van der Waals surface area contributed by atoms with Crippen LogP contribution in [0.15, 0.2) is 42.5 Å². The van der Waals surface area contributed by atoms with Crippen molar-refractivity contribution in [3.05, 3.63) is 42.5 Å².